The Bertz CT molecular complexity index is 317. The zero-order valence-corrected chi connectivity index (χ0v) is 8.14. The second kappa shape index (κ2) is 4.73. The van der Waals surface area contributed by atoms with Gasteiger partial charge in [0.15, 0.2) is 0 Å². The molecule has 86 valence electrons. The molecule has 1 atom stereocenters. The van der Waals surface area contributed by atoms with E-state index in [9.17, 15) is 13.2 Å². The summed E-state index contributed by atoms with van der Waals surface area (Å²) in [5, 5.41) is 19.7. The molecule has 0 saturated carbocycles. The smallest absolute Gasteiger partial charge is 0.394 e. The summed E-state index contributed by atoms with van der Waals surface area (Å²) in [5.74, 6) is -1.21. The third-order valence-corrected chi connectivity index (χ3v) is 2.05. The van der Waals surface area contributed by atoms with Crippen molar-refractivity contribution in [2.45, 2.75) is 12.3 Å². The first-order valence-electron chi connectivity index (χ1n) is 3.87. The number of hydrogen-bond donors (Lipinski definition) is 3. The summed E-state index contributed by atoms with van der Waals surface area (Å²) in [6, 6.07) is 0. The van der Waals surface area contributed by atoms with Crippen LogP contribution in [-0.4, -0.2) is 38.8 Å². The van der Waals surface area contributed by atoms with Crippen LogP contribution in [0, 0.1) is 0 Å². The lowest BCUT2D eigenvalue weighted by Gasteiger charge is -2.06. The minimum atomic E-state index is -4.56. The number of aliphatic hydroxyl groups excluding tert-OH is 2. The molecular formula is C6H8F3N3O2S. The molecule has 3 N–H and O–H groups in total. The van der Waals surface area contributed by atoms with Crippen molar-refractivity contribution in [3.8, 4) is 0 Å². The molecule has 1 heterocycles. The molecule has 0 aliphatic heterocycles. The number of nitrogens with one attached hydrogen (secondary N) is 1. The first-order valence-corrected chi connectivity index (χ1v) is 4.64. The molecule has 1 unspecified atom stereocenters. The molecule has 1 aromatic rings. The van der Waals surface area contributed by atoms with Gasteiger partial charge in [-0.15, -0.1) is 0 Å². The maximum Gasteiger partial charge on any atom is 0.452 e. The molecule has 0 aliphatic rings. The van der Waals surface area contributed by atoms with Gasteiger partial charge in [0.1, 0.15) is 0 Å². The lowest BCUT2D eigenvalue weighted by molar-refractivity contribution is -0.144. The fourth-order valence-electron chi connectivity index (χ4n) is 0.680. The first kappa shape index (κ1) is 12.1. The molecule has 0 bridgehead atoms. The van der Waals surface area contributed by atoms with Gasteiger partial charge in [-0.2, -0.15) is 22.5 Å². The van der Waals surface area contributed by atoms with Gasteiger partial charge in [0, 0.05) is 18.1 Å². The Labute approximate surface area is 86.7 Å². The zero-order valence-electron chi connectivity index (χ0n) is 7.32. The number of anilines is 1. The van der Waals surface area contributed by atoms with E-state index >= 15 is 0 Å². The molecule has 1 aromatic heterocycles. The van der Waals surface area contributed by atoms with E-state index in [0.29, 0.717) is 11.5 Å². The van der Waals surface area contributed by atoms with Crippen LogP contribution < -0.4 is 5.32 Å². The summed E-state index contributed by atoms with van der Waals surface area (Å²) in [6.07, 6.45) is -5.60. The van der Waals surface area contributed by atoms with E-state index in [0.717, 1.165) is 0 Å². The van der Waals surface area contributed by atoms with Gasteiger partial charge in [-0.05, 0) is 0 Å². The first-order chi connectivity index (χ1) is 6.93. The standard InChI is InChI=1S/C6H8F3N3O2S/c7-6(8,9)4-11-5(15-12-4)10-1-3(14)2-13/h3,13-14H,1-2H2,(H,10,11,12). The number of rotatable bonds is 4. The Morgan fingerprint density at radius 2 is 2.13 bits per heavy atom. The minimum absolute atomic E-state index is 0.0465. The van der Waals surface area contributed by atoms with Crippen LogP contribution in [0.15, 0.2) is 0 Å². The monoisotopic (exact) mass is 243 g/mol. The molecule has 5 nitrogen and oxygen atoms in total. The predicted octanol–water partition coefficient (Wildman–Crippen LogP) is 0.322. The van der Waals surface area contributed by atoms with Crippen molar-refractivity contribution < 1.29 is 23.4 Å². The number of aliphatic hydroxyl groups is 2. The van der Waals surface area contributed by atoms with Gasteiger partial charge in [-0.1, -0.05) is 0 Å². The van der Waals surface area contributed by atoms with Crippen LogP contribution in [0.2, 0.25) is 0 Å². The molecule has 0 aliphatic carbocycles. The second-order valence-corrected chi connectivity index (χ2v) is 3.39. The third-order valence-electron chi connectivity index (χ3n) is 1.38. The summed E-state index contributed by atoms with van der Waals surface area (Å²) in [5.41, 5.74) is 0. The second-order valence-electron chi connectivity index (χ2n) is 2.64. The van der Waals surface area contributed by atoms with Gasteiger partial charge in [0.25, 0.3) is 0 Å². The molecule has 0 saturated heterocycles. The van der Waals surface area contributed by atoms with Crippen LogP contribution in [0.3, 0.4) is 0 Å². The minimum Gasteiger partial charge on any atom is -0.394 e. The number of nitrogens with zero attached hydrogens (tertiary/aromatic N) is 2. The van der Waals surface area contributed by atoms with Gasteiger partial charge < -0.3 is 15.5 Å². The van der Waals surface area contributed by atoms with Gasteiger partial charge in [0.2, 0.25) is 11.0 Å². The van der Waals surface area contributed by atoms with E-state index in [1.165, 1.54) is 0 Å². The highest BCUT2D eigenvalue weighted by Gasteiger charge is 2.36. The summed E-state index contributed by atoms with van der Waals surface area (Å²) in [4.78, 5) is 3.17. The van der Waals surface area contributed by atoms with Crippen molar-refractivity contribution in [1.29, 1.82) is 0 Å². The largest absolute Gasteiger partial charge is 0.452 e. The molecular weight excluding hydrogens is 235 g/mol. The fraction of sp³-hybridized carbons (Fsp3) is 0.667. The highest BCUT2D eigenvalue weighted by molar-refractivity contribution is 7.09. The Morgan fingerprint density at radius 3 is 2.60 bits per heavy atom. The molecule has 9 heteroatoms. The Balaban J connectivity index is 2.54. The highest BCUT2D eigenvalue weighted by Crippen LogP contribution is 2.28. The third kappa shape index (κ3) is 3.61. The Morgan fingerprint density at radius 1 is 1.47 bits per heavy atom. The van der Waals surface area contributed by atoms with Crippen molar-refractivity contribution in [1.82, 2.24) is 9.36 Å². The maximum atomic E-state index is 12.0. The van der Waals surface area contributed by atoms with E-state index in [4.69, 9.17) is 10.2 Å². The zero-order chi connectivity index (χ0) is 11.5. The van der Waals surface area contributed by atoms with Crippen LogP contribution in [0.5, 0.6) is 0 Å². The molecule has 0 fully saturated rings. The van der Waals surface area contributed by atoms with Crippen molar-refractivity contribution >= 4 is 16.7 Å². The summed E-state index contributed by atoms with van der Waals surface area (Å²) in [6.45, 7) is -0.555. The van der Waals surface area contributed by atoms with E-state index in [1.54, 1.807) is 0 Å². The van der Waals surface area contributed by atoms with Crippen molar-refractivity contribution in [2.24, 2.45) is 0 Å². The SMILES string of the molecule is OCC(O)CNc1nc(C(F)(F)F)ns1. The van der Waals surface area contributed by atoms with Crippen molar-refractivity contribution in [3.05, 3.63) is 5.82 Å². The quantitative estimate of drug-likeness (QED) is 0.710. The van der Waals surface area contributed by atoms with Crippen LogP contribution in [0.1, 0.15) is 5.82 Å². The Kier molecular flexibility index (Phi) is 3.83. The molecule has 0 spiro atoms. The Hall–Kier alpha value is -0.930. The normalized spacial score (nSPS) is 13.9. The van der Waals surface area contributed by atoms with E-state index < -0.39 is 24.7 Å². The summed E-state index contributed by atoms with van der Waals surface area (Å²) in [7, 11) is 0. The van der Waals surface area contributed by atoms with Gasteiger partial charge in [0.05, 0.1) is 12.7 Å². The van der Waals surface area contributed by atoms with Crippen LogP contribution in [0.4, 0.5) is 18.3 Å². The molecule has 1 rings (SSSR count). The number of alkyl halides is 3. The fourth-order valence-corrected chi connectivity index (χ4v) is 1.27. The number of aromatic nitrogens is 2. The topological polar surface area (TPSA) is 78.3 Å². The van der Waals surface area contributed by atoms with E-state index in [1.807, 2.05) is 0 Å². The molecule has 0 aromatic carbocycles. The van der Waals surface area contributed by atoms with E-state index in [-0.39, 0.29) is 11.7 Å². The lowest BCUT2D eigenvalue weighted by atomic mass is 10.4. The average Bonchev–Trinajstić information content (AvgIpc) is 2.61. The molecule has 0 amide bonds. The van der Waals surface area contributed by atoms with E-state index in [2.05, 4.69) is 14.7 Å². The number of halogens is 3. The average molecular weight is 243 g/mol. The summed E-state index contributed by atoms with van der Waals surface area (Å²) < 4.78 is 39.2. The maximum absolute atomic E-state index is 12.0. The lowest BCUT2D eigenvalue weighted by Crippen LogP contribution is -2.22. The highest BCUT2D eigenvalue weighted by atomic mass is 32.1. The summed E-state index contributed by atoms with van der Waals surface area (Å²) >= 11 is 0.544. The van der Waals surface area contributed by atoms with Crippen molar-refractivity contribution in [2.75, 3.05) is 18.5 Å². The van der Waals surface area contributed by atoms with Gasteiger partial charge in [-0.25, -0.2) is 0 Å². The van der Waals surface area contributed by atoms with Crippen molar-refractivity contribution in [3.63, 3.8) is 0 Å². The van der Waals surface area contributed by atoms with Crippen LogP contribution in [0.25, 0.3) is 0 Å². The molecule has 15 heavy (non-hydrogen) atoms. The van der Waals surface area contributed by atoms with Crippen LogP contribution >= 0.6 is 11.5 Å². The van der Waals surface area contributed by atoms with Gasteiger partial charge in [-0.3, -0.25) is 0 Å². The van der Waals surface area contributed by atoms with Crippen LogP contribution in [-0.2, 0) is 6.18 Å². The molecule has 0 radical (unpaired) electrons. The number of hydrogen-bond acceptors (Lipinski definition) is 6. The van der Waals surface area contributed by atoms with Gasteiger partial charge >= 0.3 is 6.18 Å². The predicted molar refractivity (Wildman–Crippen MR) is 46.5 cm³/mol.